The van der Waals surface area contributed by atoms with Crippen LogP contribution in [0.4, 0.5) is 0 Å². The van der Waals surface area contributed by atoms with Gasteiger partial charge in [0.1, 0.15) is 0 Å². The second-order valence-electron chi connectivity index (χ2n) is 6.48. The van der Waals surface area contributed by atoms with Crippen LogP contribution in [0.15, 0.2) is 77.7 Å². The quantitative estimate of drug-likeness (QED) is 0.590. The van der Waals surface area contributed by atoms with Crippen molar-refractivity contribution in [2.24, 2.45) is 0 Å². The van der Waals surface area contributed by atoms with E-state index in [1.165, 1.54) is 18.3 Å². The zero-order valence-electron chi connectivity index (χ0n) is 15.1. The monoisotopic (exact) mass is 376 g/mol. The molecular weight excluding hydrogens is 356 g/mol. The van der Waals surface area contributed by atoms with Gasteiger partial charge in [-0.3, -0.25) is 14.4 Å². The van der Waals surface area contributed by atoms with Gasteiger partial charge in [-0.25, -0.2) is 0 Å². The number of nitrogens with one attached hydrogen (secondary N) is 2. The largest absolute Gasteiger partial charge is 0.481 e. The van der Waals surface area contributed by atoms with Crippen LogP contribution in [0.5, 0.6) is 0 Å². The van der Waals surface area contributed by atoms with Crippen molar-refractivity contribution in [3.05, 3.63) is 94.4 Å². The number of benzene rings is 2. The number of rotatable bonds is 7. The fourth-order valence-corrected chi connectivity index (χ4v) is 2.95. The first-order valence-corrected chi connectivity index (χ1v) is 8.87. The molecule has 0 fully saturated rings. The number of carboxylic acid groups (broad SMARTS) is 1. The van der Waals surface area contributed by atoms with Crippen molar-refractivity contribution >= 4 is 11.9 Å². The molecule has 0 saturated heterocycles. The number of aromatic amines is 1. The van der Waals surface area contributed by atoms with Gasteiger partial charge in [0.25, 0.3) is 5.91 Å². The SMILES string of the molecule is O=C(O)CC(Cc1ccc(-c2ccccc2)cc1)NC(=O)c1ccc(=O)[nH]c1. The lowest BCUT2D eigenvalue weighted by Gasteiger charge is -2.17. The molecule has 142 valence electrons. The van der Waals surface area contributed by atoms with Gasteiger partial charge in [-0.15, -0.1) is 0 Å². The van der Waals surface area contributed by atoms with Crippen molar-refractivity contribution in [2.45, 2.75) is 18.9 Å². The fraction of sp³-hybridized carbons (Fsp3) is 0.136. The van der Waals surface area contributed by atoms with Gasteiger partial charge >= 0.3 is 5.97 Å². The molecule has 0 aliphatic rings. The minimum atomic E-state index is -0.993. The van der Waals surface area contributed by atoms with Gasteiger partial charge < -0.3 is 15.4 Å². The number of hydrogen-bond donors (Lipinski definition) is 3. The Balaban J connectivity index is 1.71. The number of pyridine rings is 1. The van der Waals surface area contributed by atoms with Crippen molar-refractivity contribution in [1.82, 2.24) is 10.3 Å². The van der Waals surface area contributed by atoms with Crippen molar-refractivity contribution < 1.29 is 14.7 Å². The maximum absolute atomic E-state index is 12.4. The van der Waals surface area contributed by atoms with Crippen molar-refractivity contribution in [3.63, 3.8) is 0 Å². The van der Waals surface area contributed by atoms with E-state index in [1.807, 2.05) is 54.6 Å². The number of carbonyl (C=O) groups is 2. The Morgan fingerprint density at radius 3 is 2.21 bits per heavy atom. The number of H-pyrrole nitrogens is 1. The molecule has 1 heterocycles. The Bertz CT molecular complexity index is 990. The molecule has 6 nitrogen and oxygen atoms in total. The average Bonchev–Trinajstić information content (AvgIpc) is 2.69. The summed E-state index contributed by atoms with van der Waals surface area (Å²) in [5.74, 6) is -1.42. The normalized spacial score (nSPS) is 11.6. The molecule has 0 aliphatic heterocycles. The predicted molar refractivity (Wildman–Crippen MR) is 106 cm³/mol. The van der Waals surface area contributed by atoms with Crippen LogP contribution in [0.3, 0.4) is 0 Å². The van der Waals surface area contributed by atoms with Crippen LogP contribution in [0.25, 0.3) is 11.1 Å². The molecule has 1 amide bonds. The molecule has 2 aromatic carbocycles. The molecule has 0 saturated carbocycles. The van der Waals surface area contributed by atoms with Crippen LogP contribution in [0, 0.1) is 0 Å². The number of carboxylic acids is 1. The number of carbonyl (C=O) groups excluding carboxylic acids is 1. The predicted octanol–water partition coefficient (Wildman–Crippen LogP) is 2.86. The van der Waals surface area contributed by atoms with Gasteiger partial charge in [-0.05, 0) is 29.2 Å². The van der Waals surface area contributed by atoms with Crippen LogP contribution in [0.1, 0.15) is 22.3 Å². The Labute approximate surface area is 161 Å². The van der Waals surface area contributed by atoms with E-state index in [2.05, 4.69) is 10.3 Å². The number of aromatic nitrogens is 1. The van der Waals surface area contributed by atoms with E-state index >= 15 is 0 Å². The fourth-order valence-electron chi connectivity index (χ4n) is 2.95. The zero-order chi connectivity index (χ0) is 19.9. The Kier molecular flexibility index (Phi) is 6.01. The summed E-state index contributed by atoms with van der Waals surface area (Å²) in [5, 5.41) is 11.9. The van der Waals surface area contributed by atoms with Crippen molar-refractivity contribution in [1.29, 1.82) is 0 Å². The number of amides is 1. The highest BCUT2D eigenvalue weighted by atomic mass is 16.4. The molecule has 1 atom stereocenters. The highest BCUT2D eigenvalue weighted by Gasteiger charge is 2.18. The highest BCUT2D eigenvalue weighted by Crippen LogP contribution is 2.20. The molecule has 3 rings (SSSR count). The summed E-state index contributed by atoms with van der Waals surface area (Å²) in [5.41, 5.74) is 3.05. The van der Waals surface area contributed by atoms with Crippen molar-refractivity contribution in [2.75, 3.05) is 0 Å². The van der Waals surface area contributed by atoms with Gasteiger partial charge in [0.05, 0.1) is 12.0 Å². The summed E-state index contributed by atoms with van der Waals surface area (Å²) in [6.45, 7) is 0. The summed E-state index contributed by atoms with van der Waals surface area (Å²) in [6, 6.07) is 19.9. The molecule has 0 radical (unpaired) electrons. The van der Waals surface area contributed by atoms with E-state index in [0.29, 0.717) is 6.42 Å². The van der Waals surface area contributed by atoms with Gasteiger partial charge in [0, 0.05) is 18.3 Å². The van der Waals surface area contributed by atoms with Gasteiger partial charge in [0.2, 0.25) is 5.56 Å². The van der Waals surface area contributed by atoms with E-state index < -0.39 is 17.9 Å². The smallest absolute Gasteiger partial charge is 0.305 e. The van der Waals surface area contributed by atoms with Gasteiger partial charge in [-0.1, -0.05) is 54.6 Å². The third-order valence-electron chi connectivity index (χ3n) is 4.35. The van der Waals surface area contributed by atoms with Crippen LogP contribution in [-0.2, 0) is 11.2 Å². The maximum atomic E-state index is 12.4. The molecular formula is C22H20N2O4. The molecule has 3 N–H and O–H groups in total. The molecule has 28 heavy (non-hydrogen) atoms. The second kappa shape index (κ2) is 8.81. The van der Waals surface area contributed by atoms with E-state index in [0.717, 1.165) is 16.7 Å². The van der Waals surface area contributed by atoms with E-state index in [9.17, 15) is 19.5 Å². The highest BCUT2D eigenvalue weighted by molar-refractivity contribution is 5.94. The zero-order valence-corrected chi connectivity index (χ0v) is 15.1. The summed E-state index contributed by atoms with van der Waals surface area (Å²) in [6.07, 6.45) is 1.50. The summed E-state index contributed by atoms with van der Waals surface area (Å²) < 4.78 is 0. The second-order valence-corrected chi connectivity index (χ2v) is 6.48. The average molecular weight is 376 g/mol. The summed E-state index contributed by atoms with van der Waals surface area (Å²) >= 11 is 0. The first kappa shape index (κ1) is 19.1. The van der Waals surface area contributed by atoms with E-state index in [1.54, 1.807) is 0 Å². The van der Waals surface area contributed by atoms with Gasteiger partial charge in [0.15, 0.2) is 0 Å². The molecule has 0 bridgehead atoms. The van der Waals surface area contributed by atoms with Crippen LogP contribution < -0.4 is 10.9 Å². The Morgan fingerprint density at radius 2 is 1.61 bits per heavy atom. The molecule has 3 aromatic rings. The standard InChI is InChI=1S/C22H20N2O4/c25-20-11-10-18(14-23-20)22(28)24-19(13-21(26)27)12-15-6-8-17(9-7-15)16-4-2-1-3-5-16/h1-11,14,19H,12-13H2,(H,23,25)(H,24,28)(H,26,27). The molecule has 0 aliphatic carbocycles. The number of hydrogen-bond acceptors (Lipinski definition) is 3. The lowest BCUT2D eigenvalue weighted by atomic mass is 9.99. The third kappa shape index (κ3) is 5.17. The van der Waals surface area contributed by atoms with Crippen LogP contribution >= 0.6 is 0 Å². The Hall–Kier alpha value is -3.67. The first-order chi connectivity index (χ1) is 13.5. The summed E-state index contributed by atoms with van der Waals surface area (Å²) in [4.78, 5) is 37.1. The molecule has 1 aromatic heterocycles. The Morgan fingerprint density at radius 1 is 0.929 bits per heavy atom. The molecule has 0 spiro atoms. The van der Waals surface area contributed by atoms with Crippen LogP contribution in [-0.4, -0.2) is 28.0 Å². The minimum Gasteiger partial charge on any atom is -0.481 e. The van der Waals surface area contributed by atoms with Crippen LogP contribution in [0.2, 0.25) is 0 Å². The third-order valence-corrected chi connectivity index (χ3v) is 4.35. The lowest BCUT2D eigenvalue weighted by molar-refractivity contribution is -0.137. The van der Waals surface area contributed by atoms with Crippen molar-refractivity contribution in [3.8, 4) is 11.1 Å². The topological polar surface area (TPSA) is 99.3 Å². The van der Waals surface area contributed by atoms with Gasteiger partial charge in [-0.2, -0.15) is 0 Å². The first-order valence-electron chi connectivity index (χ1n) is 8.87. The minimum absolute atomic E-state index is 0.199. The molecule has 6 heteroatoms. The summed E-state index contributed by atoms with van der Waals surface area (Å²) in [7, 11) is 0. The lowest BCUT2D eigenvalue weighted by Crippen LogP contribution is -2.38. The van der Waals surface area contributed by atoms with E-state index in [4.69, 9.17) is 0 Å². The molecule has 1 unspecified atom stereocenters. The van der Waals surface area contributed by atoms with E-state index in [-0.39, 0.29) is 17.5 Å². The maximum Gasteiger partial charge on any atom is 0.305 e. The number of aliphatic carboxylic acids is 1.